The van der Waals surface area contributed by atoms with E-state index in [0.29, 0.717) is 31.1 Å². The highest BCUT2D eigenvalue weighted by Crippen LogP contribution is 2.34. The molecule has 0 spiro atoms. The third-order valence-electron chi connectivity index (χ3n) is 2.95. The van der Waals surface area contributed by atoms with Crippen LogP contribution in [0.5, 0.6) is 17.2 Å². The van der Waals surface area contributed by atoms with Gasteiger partial charge in [0.1, 0.15) is 12.4 Å². The molecular formula is C14H20N2O4. The van der Waals surface area contributed by atoms with E-state index in [9.17, 15) is 4.79 Å². The third kappa shape index (κ3) is 3.77. The number of hydrogen-bond acceptors (Lipinski definition) is 5. The zero-order valence-corrected chi connectivity index (χ0v) is 11.6. The zero-order valence-electron chi connectivity index (χ0n) is 11.6. The molecule has 2 rings (SSSR count). The molecule has 1 atom stereocenters. The lowest BCUT2D eigenvalue weighted by atomic mass is 10.2. The molecule has 0 radical (unpaired) electrons. The quantitative estimate of drug-likeness (QED) is 0.729. The lowest BCUT2D eigenvalue weighted by Gasteiger charge is -2.12. The molecule has 0 saturated carbocycles. The van der Waals surface area contributed by atoms with E-state index < -0.39 is 6.04 Å². The lowest BCUT2D eigenvalue weighted by Crippen LogP contribution is -2.41. The Balaban J connectivity index is 1.70. The van der Waals surface area contributed by atoms with Crippen LogP contribution in [0.4, 0.5) is 0 Å². The predicted octanol–water partition coefficient (Wildman–Crippen LogP) is 1.04. The molecule has 6 heteroatoms. The lowest BCUT2D eigenvalue weighted by molar-refractivity contribution is -0.122. The largest absolute Gasteiger partial charge is 0.492 e. The highest BCUT2D eigenvalue weighted by Gasteiger charge is 2.14. The summed E-state index contributed by atoms with van der Waals surface area (Å²) in [6, 6.07) is 4.93. The van der Waals surface area contributed by atoms with Crippen molar-refractivity contribution in [3.63, 3.8) is 0 Å². The smallest absolute Gasteiger partial charge is 0.237 e. The van der Waals surface area contributed by atoms with Crippen LogP contribution in [0.15, 0.2) is 18.2 Å². The Morgan fingerprint density at radius 1 is 1.45 bits per heavy atom. The van der Waals surface area contributed by atoms with Crippen LogP contribution in [0.25, 0.3) is 0 Å². The van der Waals surface area contributed by atoms with Crippen molar-refractivity contribution in [1.82, 2.24) is 5.32 Å². The first-order valence-corrected chi connectivity index (χ1v) is 6.76. The van der Waals surface area contributed by atoms with Crippen LogP contribution in [0.2, 0.25) is 0 Å². The molecule has 1 aromatic carbocycles. The van der Waals surface area contributed by atoms with Gasteiger partial charge in [0.2, 0.25) is 12.7 Å². The maximum absolute atomic E-state index is 11.6. The molecule has 0 saturated heterocycles. The van der Waals surface area contributed by atoms with Gasteiger partial charge in [-0.15, -0.1) is 0 Å². The van der Waals surface area contributed by atoms with Gasteiger partial charge in [-0.1, -0.05) is 13.3 Å². The minimum atomic E-state index is -0.439. The number of fused-ring (bicyclic) bond motifs is 1. The van der Waals surface area contributed by atoms with Crippen LogP contribution < -0.4 is 25.3 Å². The fourth-order valence-electron chi connectivity index (χ4n) is 1.88. The molecular weight excluding hydrogens is 260 g/mol. The van der Waals surface area contributed by atoms with Gasteiger partial charge in [0.25, 0.3) is 0 Å². The number of hydrogen-bond donors (Lipinski definition) is 2. The minimum Gasteiger partial charge on any atom is -0.492 e. The van der Waals surface area contributed by atoms with Gasteiger partial charge in [-0.2, -0.15) is 0 Å². The van der Waals surface area contributed by atoms with Crippen LogP contribution in [0, 0.1) is 0 Å². The average Bonchev–Trinajstić information content (AvgIpc) is 2.91. The molecule has 110 valence electrons. The summed E-state index contributed by atoms with van der Waals surface area (Å²) < 4.78 is 16.0. The summed E-state index contributed by atoms with van der Waals surface area (Å²) in [6.45, 7) is 3.04. The molecule has 0 aromatic heterocycles. The molecule has 1 aliphatic rings. The average molecular weight is 280 g/mol. The molecule has 0 aliphatic carbocycles. The van der Waals surface area contributed by atoms with Crippen molar-refractivity contribution in [2.24, 2.45) is 5.73 Å². The first-order valence-electron chi connectivity index (χ1n) is 6.76. The monoisotopic (exact) mass is 280 g/mol. The van der Waals surface area contributed by atoms with Crippen molar-refractivity contribution < 1.29 is 19.0 Å². The topological polar surface area (TPSA) is 82.8 Å². The van der Waals surface area contributed by atoms with Gasteiger partial charge in [0, 0.05) is 6.07 Å². The van der Waals surface area contributed by atoms with Crippen LogP contribution in [0.1, 0.15) is 19.8 Å². The van der Waals surface area contributed by atoms with E-state index >= 15 is 0 Å². The number of amides is 1. The Bertz CT molecular complexity index is 464. The van der Waals surface area contributed by atoms with Crippen molar-refractivity contribution in [2.75, 3.05) is 19.9 Å². The van der Waals surface area contributed by atoms with Crippen molar-refractivity contribution >= 4 is 5.91 Å². The van der Waals surface area contributed by atoms with E-state index in [1.54, 1.807) is 18.2 Å². The minimum absolute atomic E-state index is 0.138. The Morgan fingerprint density at radius 2 is 2.25 bits per heavy atom. The van der Waals surface area contributed by atoms with Gasteiger partial charge in [-0.05, 0) is 18.6 Å². The van der Waals surface area contributed by atoms with Gasteiger partial charge in [0.15, 0.2) is 11.5 Å². The van der Waals surface area contributed by atoms with Crippen molar-refractivity contribution in [1.29, 1.82) is 0 Å². The van der Waals surface area contributed by atoms with Gasteiger partial charge < -0.3 is 25.3 Å². The Kier molecular flexibility index (Phi) is 5.06. The summed E-state index contributed by atoms with van der Waals surface area (Å²) in [4.78, 5) is 11.6. The highest BCUT2D eigenvalue weighted by atomic mass is 16.7. The Morgan fingerprint density at radius 3 is 3.05 bits per heavy atom. The number of rotatable bonds is 7. The summed E-state index contributed by atoms with van der Waals surface area (Å²) in [7, 11) is 0. The molecule has 20 heavy (non-hydrogen) atoms. The summed E-state index contributed by atoms with van der Waals surface area (Å²) in [5.41, 5.74) is 5.70. The van der Waals surface area contributed by atoms with Gasteiger partial charge in [-0.3, -0.25) is 4.79 Å². The van der Waals surface area contributed by atoms with E-state index in [-0.39, 0.29) is 12.7 Å². The first kappa shape index (κ1) is 14.5. The molecule has 1 unspecified atom stereocenters. The first-order chi connectivity index (χ1) is 9.70. The highest BCUT2D eigenvalue weighted by molar-refractivity contribution is 5.81. The summed E-state index contributed by atoms with van der Waals surface area (Å²) in [5.74, 6) is 1.94. The number of benzene rings is 1. The molecule has 1 amide bonds. The fraction of sp³-hybridized carbons (Fsp3) is 0.500. The van der Waals surface area contributed by atoms with Crippen LogP contribution in [-0.2, 0) is 4.79 Å². The standard InChI is InChI=1S/C14H20N2O4/c1-2-3-11(15)14(17)16-6-7-18-10-4-5-12-13(8-10)20-9-19-12/h4-5,8,11H,2-3,6-7,9,15H2,1H3,(H,16,17). The second-order valence-corrected chi connectivity index (χ2v) is 4.55. The molecule has 1 aliphatic heterocycles. The van der Waals surface area contributed by atoms with Gasteiger partial charge >= 0.3 is 0 Å². The van der Waals surface area contributed by atoms with E-state index in [0.717, 1.165) is 12.2 Å². The van der Waals surface area contributed by atoms with Crippen LogP contribution in [-0.4, -0.2) is 31.9 Å². The maximum atomic E-state index is 11.6. The molecule has 0 bridgehead atoms. The number of carbonyl (C=O) groups excluding carboxylic acids is 1. The second kappa shape index (κ2) is 7.00. The number of nitrogens with two attached hydrogens (primary N) is 1. The molecule has 3 N–H and O–H groups in total. The summed E-state index contributed by atoms with van der Waals surface area (Å²) in [6.07, 6.45) is 1.58. The second-order valence-electron chi connectivity index (χ2n) is 4.55. The molecule has 1 heterocycles. The summed E-state index contributed by atoms with van der Waals surface area (Å²) >= 11 is 0. The van der Waals surface area contributed by atoms with Crippen LogP contribution >= 0.6 is 0 Å². The van der Waals surface area contributed by atoms with E-state index in [1.807, 2.05) is 6.92 Å². The van der Waals surface area contributed by atoms with Crippen molar-refractivity contribution in [3.8, 4) is 17.2 Å². The van der Waals surface area contributed by atoms with Gasteiger partial charge in [-0.25, -0.2) is 0 Å². The van der Waals surface area contributed by atoms with Gasteiger partial charge in [0.05, 0.1) is 12.6 Å². The molecule has 1 aromatic rings. The van der Waals surface area contributed by atoms with E-state index in [4.69, 9.17) is 19.9 Å². The Labute approximate surface area is 118 Å². The van der Waals surface area contributed by atoms with Crippen molar-refractivity contribution in [2.45, 2.75) is 25.8 Å². The van der Waals surface area contributed by atoms with Crippen molar-refractivity contribution in [3.05, 3.63) is 18.2 Å². The maximum Gasteiger partial charge on any atom is 0.237 e. The van der Waals surface area contributed by atoms with E-state index in [1.165, 1.54) is 0 Å². The molecule has 6 nitrogen and oxygen atoms in total. The predicted molar refractivity (Wildman–Crippen MR) is 74.0 cm³/mol. The summed E-state index contributed by atoms with van der Waals surface area (Å²) in [5, 5.41) is 2.74. The number of nitrogens with one attached hydrogen (secondary N) is 1. The van der Waals surface area contributed by atoms with Crippen LogP contribution in [0.3, 0.4) is 0 Å². The zero-order chi connectivity index (χ0) is 14.4. The number of carbonyl (C=O) groups is 1. The third-order valence-corrected chi connectivity index (χ3v) is 2.95. The number of ether oxygens (including phenoxy) is 3. The SMILES string of the molecule is CCCC(N)C(=O)NCCOc1ccc2c(c1)OCO2. The van der Waals surface area contributed by atoms with E-state index in [2.05, 4.69) is 5.32 Å². The molecule has 0 fully saturated rings. The fourth-order valence-corrected chi connectivity index (χ4v) is 1.88. The Hall–Kier alpha value is -1.95. The normalized spacial score (nSPS) is 13.9.